The van der Waals surface area contributed by atoms with Gasteiger partial charge in [-0.15, -0.1) is 0 Å². The molecule has 0 saturated heterocycles. The Kier molecular flexibility index (Phi) is 4.99. The van der Waals surface area contributed by atoms with Crippen LogP contribution in [0, 0.1) is 12.7 Å². The lowest BCUT2D eigenvalue weighted by molar-refractivity contribution is 0.0901. The normalized spacial score (nSPS) is 10.5. The molecule has 0 fully saturated rings. The summed E-state index contributed by atoms with van der Waals surface area (Å²) >= 11 is 6.30. The summed E-state index contributed by atoms with van der Waals surface area (Å²) in [6.07, 6.45) is 0. The van der Waals surface area contributed by atoms with Crippen LogP contribution >= 0.6 is 11.6 Å². The zero-order valence-electron chi connectivity index (χ0n) is 12.0. The van der Waals surface area contributed by atoms with Gasteiger partial charge in [0.15, 0.2) is 0 Å². The average molecular weight is 306 g/mol. The van der Waals surface area contributed by atoms with Crippen molar-refractivity contribution in [3.8, 4) is 11.1 Å². The summed E-state index contributed by atoms with van der Waals surface area (Å²) in [6, 6.07) is 10.2. The number of benzene rings is 2. The molecule has 0 atom stereocenters. The predicted molar refractivity (Wildman–Crippen MR) is 85.4 cm³/mol. The molecule has 0 heterocycles. The third kappa shape index (κ3) is 3.63. The average Bonchev–Trinajstić information content (AvgIpc) is 2.47. The molecule has 2 aromatic rings. The van der Waals surface area contributed by atoms with Gasteiger partial charge in [-0.3, -0.25) is 10.3 Å². The van der Waals surface area contributed by atoms with Gasteiger partial charge in [-0.05, 0) is 48.7 Å². The van der Waals surface area contributed by atoms with Crippen molar-refractivity contribution >= 4 is 17.3 Å². The lowest BCUT2D eigenvalue weighted by Crippen LogP contribution is -2.12. The van der Waals surface area contributed by atoms with E-state index in [1.165, 1.54) is 12.1 Å². The van der Waals surface area contributed by atoms with Crippen molar-refractivity contribution in [3.05, 3.63) is 64.9 Å². The maximum absolute atomic E-state index is 13.4. The number of rotatable bonds is 5. The second-order valence-corrected chi connectivity index (χ2v) is 5.07. The highest BCUT2D eigenvalue weighted by atomic mass is 35.5. The predicted octanol–water partition coefficient (Wildman–Crippen LogP) is 4.97. The summed E-state index contributed by atoms with van der Waals surface area (Å²) in [5.74, 6) is -0.266. The zero-order chi connectivity index (χ0) is 15.4. The van der Waals surface area contributed by atoms with Gasteiger partial charge < -0.3 is 0 Å². The molecule has 0 amide bonds. The molecule has 0 aliphatic rings. The highest BCUT2D eigenvalue weighted by molar-refractivity contribution is 6.32. The quantitative estimate of drug-likeness (QED) is 0.788. The van der Waals surface area contributed by atoms with E-state index >= 15 is 0 Å². The Morgan fingerprint density at radius 1 is 1.29 bits per heavy atom. The van der Waals surface area contributed by atoms with E-state index in [1.54, 1.807) is 12.1 Å². The highest BCUT2D eigenvalue weighted by Crippen LogP contribution is 2.30. The van der Waals surface area contributed by atoms with Gasteiger partial charge in [0.2, 0.25) is 0 Å². The molecule has 21 heavy (non-hydrogen) atoms. The summed E-state index contributed by atoms with van der Waals surface area (Å²) in [5.41, 5.74) is 6.75. The molecular weight excluding hydrogens is 289 g/mol. The minimum Gasteiger partial charge on any atom is -0.276 e. The van der Waals surface area contributed by atoms with Crippen LogP contribution in [0.2, 0.25) is 5.02 Å². The Morgan fingerprint density at radius 3 is 2.71 bits per heavy atom. The third-order valence-electron chi connectivity index (χ3n) is 3.14. The lowest BCUT2D eigenvalue weighted by Gasteiger charge is -2.12. The van der Waals surface area contributed by atoms with E-state index in [4.69, 9.17) is 16.4 Å². The summed E-state index contributed by atoms with van der Waals surface area (Å²) < 4.78 is 13.4. The summed E-state index contributed by atoms with van der Waals surface area (Å²) in [4.78, 5) is 5.10. The molecular formula is C17H17ClFNO. The van der Waals surface area contributed by atoms with Gasteiger partial charge in [0.1, 0.15) is 5.82 Å². The van der Waals surface area contributed by atoms with Crippen LogP contribution in [0.4, 0.5) is 4.39 Å². The van der Waals surface area contributed by atoms with Crippen LogP contribution in [0.5, 0.6) is 0 Å². The van der Waals surface area contributed by atoms with Crippen molar-refractivity contribution in [3.63, 3.8) is 0 Å². The van der Waals surface area contributed by atoms with E-state index in [-0.39, 0.29) is 5.82 Å². The first-order valence-corrected chi connectivity index (χ1v) is 7.04. The molecule has 0 bridgehead atoms. The largest absolute Gasteiger partial charge is 0.276 e. The van der Waals surface area contributed by atoms with E-state index < -0.39 is 0 Å². The van der Waals surface area contributed by atoms with Crippen molar-refractivity contribution in [1.82, 2.24) is 5.48 Å². The Bertz CT molecular complexity index is 670. The fourth-order valence-corrected chi connectivity index (χ4v) is 2.34. The molecule has 1 N–H and O–H groups in total. The molecule has 0 aliphatic carbocycles. The molecule has 0 spiro atoms. The van der Waals surface area contributed by atoms with Crippen LogP contribution in [0.25, 0.3) is 16.8 Å². The van der Waals surface area contributed by atoms with Gasteiger partial charge in [-0.25, -0.2) is 4.39 Å². The van der Waals surface area contributed by atoms with Crippen LogP contribution < -0.4 is 5.48 Å². The Hall–Kier alpha value is -1.84. The second-order valence-electron chi connectivity index (χ2n) is 4.67. The second kappa shape index (κ2) is 6.74. The Labute approximate surface area is 129 Å². The van der Waals surface area contributed by atoms with Gasteiger partial charge in [0.05, 0.1) is 17.3 Å². The molecule has 4 heteroatoms. The monoisotopic (exact) mass is 305 g/mol. The number of hydrogen-bond acceptors (Lipinski definition) is 2. The molecule has 110 valence electrons. The minimum absolute atomic E-state index is 0.266. The number of aryl methyl sites for hydroxylation is 1. The summed E-state index contributed by atoms with van der Waals surface area (Å²) in [5, 5.41) is 0.536. The van der Waals surface area contributed by atoms with Gasteiger partial charge in [0.25, 0.3) is 0 Å². The fourth-order valence-electron chi connectivity index (χ4n) is 2.05. The van der Waals surface area contributed by atoms with Crippen LogP contribution in [0.15, 0.2) is 43.0 Å². The van der Waals surface area contributed by atoms with Crippen molar-refractivity contribution in [2.24, 2.45) is 0 Å². The summed E-state index contributed by atoms with van der Waals surface area (Å²) in [7, 11) is 0. The maximum Gasteiger partial charge on any atom is 0.123 e. The van der Waals surface area contributed by atoms with Crippen molar-refractivity contribution in [2.75, 3.05) is 6.61 Å². The number of hydroxylamine groups is 1. The summed E-state index contributed by atoms with van der Waals surface area (Å²) in [6.45, 7) is 8.21. The van der Waals surface area contributed by atoms with Crippen molar-refractivity contribution in [1.29, 1.82) is 0 Å². The first kappa shape index (κ1) is 15.5. The number of halogens is 2. The Balaban J connectivity index is 2.35. The molecule has 2 aromatic carbocycles. The molecule has 0 saturated carbocycles. The zero-order valence-corrected chi connectivity index (χ0v) is 12.8. The molecule has 2 nitrogen and oxygen atoms in total. The lowest BCUT2D eigenvalue weighted by atomic mass is 9.99. The van der Waals surface area contributed by atoms with Crippen LogP contribution in [0.1, 0.15) is 18.1 Å². The topological polar surface area (TPSA) is 21.3 Å². The molecule has 2 rings (SSSR count). The molecule has 0 aromatic heterocycles. The number of nitrogens with one attached hydrogen (secondary N) is 1. The van der Waals surface area contributed by atoms with E-state index in [1.807, 2.05) is 26.0 Å². The van der Waals surface area contributed by atoms with Crippen LogP contribution in [-0.4, -0.2) is 6.61 Å². The van der Waals surface area contributed by atoms with E-state index in [9.17, 15) is 4.39 Å². The van der Waals surface area contributed by atoms with Gasteiger partial charge in [-0.2, -0.15) is 0 Å². The van der Waals surface area contributed by atoms with Gasteiger partial charge in [-0.1, -0.05) is 36.4 Å². The van der Waals surface area contributed by atoms with E-state index in [0.29, 0.717) is 17.3 Å². The first-order chi connectivity index (χ1) is 10.0. The molecule has 0 aliphatic heterocycles. The van der Waals surface area contributed by atoms with Crippen molar-refractivity contribution in [2.45, 2.75) is 13.8 Å². The van der Waals surface area contributed by atoms with Gasteiger partial charge in [0, 0.05) is 5.56 Å². The Morgan fingerprint density at radius 2 is 2.05 bits per heavy atom. The van der Waals surface area contributed by atoms with E-state index in [0.717, 1.165) is 22.3 Å². The molecule has 0 unspecified atom stereocenters. The van der Waals surface area contributed by atoms with Crippen molar-refractivity contribution < 1.29 is 9.23 Å². The van der Waals surface area contributed by atoms with Gasteiger partial charge >= 0.3 is 0 Å². The smallest absolute Gasteiger partial charge is 0.123 e. The minimum atomic E-state index is -0.266. The number of hydrogen-bond donors (Lipinski definition) is 1. The van der Waals surface area contributed by atoms with E-state index in [2.05, 4.69) is 12.1 Å². The van der Waals surface area contributed by atoms with Crippen LogP contribution in [-0.2, 0) is 4.84 Å². The maximum atomic E-state index is 13.4. The first-order valence-electron chi connectivity index (χ1n) is 6.66. The molecule has 0 radical (unpaired) electrons. The van der Waals surface area contributed by atoms with Crippen LogP contribution in [0.3, 0.4) is 0 Å². The third-order valence-corrected chi connectivity index (χ3v) is 3.46. The highest BCUT2D eigenvalue weighted by Gasteiger charge is 2.09. The standard InChI is InChI=1S/C17H17ClFNO/c1-4-21-20-12(3)15-8-6-13(9-17(15)18)16-10-14(19)7-5-11(16)2/h5-10,20H,3-4H2,1-2H3. The SMILES string of the molecule is C=C(NOCC)c1ccc(-c2cc(F)ccc2C)cc1Cl. The fraction of sp³-hybridized carbons (Fsp3) is 0.176.